The first kappa shape index (κ1) is 14.6. The van der Waals surface area contributed by atoms with Crippen molar-refractivity contribution in [3.8, 4) is 0 Å². The molecule has 0 amide bonds. The molecule has 2 aromatic carbocycles. The maximum atomic E-state index is 6.19. The SMILES string of the molecule is c1ccc2oc([C@H]3c4nc[nH]c4CCN3c3nc4ccccc4o3)cc2c1. The first-order chi connectivity index (χ1) is 13.4. The molecule has 0 saturated carbocycles. The number of anilines is 1. The zero-order chi connectivity index (χ0) is 17.8. The number of benzene rings is 2. The molecule has 0 bridgehead atoms. The second-order valence-electron chi connectivity index (χ2n) is 6.76. The summed E-state index contributed by atoms with van der Waals surface area (Å²) < 4.78 is 12.3. The van der Waals surface area contributed by atoms with Crippen molar-refractivity contribution < 1.29 is 8.83 Å². The number of nitrogens with zero attached hydrogens (tertiary/aromatic N) is 3. The van der Waals surface area contributed by atoms with E-state index in [-0.39, 0.29) is 6.04 Å². The van der Waals surface area contributed by atoms with E-state index in [1.165, 1.54) is 0 Å². The molecule has 0 saturated heterocycles. The van der Waals surface area contributed by atoms with Crippen molar-refractivity contribution in [2.75, 3.05) is 11.4 Å². The van der Waals surface area contributed by atoms with Crippen molar-refractivity contribution in [3.63, 3.8) is 0 Å². The van der Waals surface area contributed by atoms with Gasteiger partial charge in [-0.15, -0.1) is 0 Å². The van der Waals surface area contributed by atoms with E-state index in [1.807, 2.05) is 42.5 Å². The second-order valence-corrected chi connectivity index (χ2v) is 6.76. The van der Waals surface area contributed by atoms with E-state index in [0.717, 1.165) is 52.2 Å². The van der Waals surface area contributed by atoms with Gasteiger partial charge in [0.05, 0.1) is 12.0 Å². The first-order valence-electron chi connectivity index (χ1n) is 9.00. The van der Waals surface area contributed by atoms with Gasteiger partial charge >= 0.3 is 0 Å². The summed E-state index contributed by atoms with van der Waals surface area (Å²) >= 11 is 0. The quantitative estimate of drug-likeness (QED) is 0.506. The molecule has 1 aliphatic rings. The number of imidazole rings is 1. The van der Waals surface area contributed by atoms with Gasteiger partial charge in [-0.1, -0.05) is 30.3 Å². The molecule has 6 nitrogen and oxygen atoms in total. The number of aromatic amines is 1. The Morgan fingerprint density at radius 3 is 2.74 bits per heavy atom. The molecule has 3 aromatic heterocycles. The second kappa shape index (κ2) is 5.48. The summed E-state index contributed by atoms with van der Waals surface area (Å²) in [5.74, 6) is 0.839. The van der Waals surface area contributed by atoms with Gasteiger partial charge in [-0.05, 0) is 24.3 Å². The maximum absolute atomic E-state index is 6.19. The lowest BCUT2D eigenvalue weighted by atomic mass is 10.0. The Morgan fingerprint density at radius 2 is 1.85 bits per heavy atom. The first-order valence-corrected chi connectivity index (χ1v) is 9.00. The Kier molecular flexibility index (Phi) is 2.96. The molecule has 0 radical (unpaired) electrons. The Bertz CT molecular complexity index is 1200. The van der Waals surface area contributed by atoms with Gasteiger partial charge in [0.1, 0.15) is 22.9 Å². The highest BCUT2D eigenvalue weighted by molar-refractivity contribution is 5.78. The number of aromatic nitrogens is 3. The molecule has 132 valence electrons. The van der Waals surface area contributed by atoms with E-state index < -0.39 is 0 Å². The molecule has 1 atom stereocenters. The summed E-state index contributed by atoms with van der Waals surface area (Å²) in [6.45, 7) is 0.768. The number of oxazole rings is 1. The smallest absolute Gasteiger partial charge is 0.299 e. The summed E-state index contributed by atoms with van der Waals surface area (Å²) in [7, 11) is 0. The van der Waals surface area contributed by atoms with Gasteiger partial charge in [0.2, 0.25) is 0 Å². The van der Waals surface area contributed by atoms with Crippen LogP contribution < -0.4 is 4.90 Å². The van der Waals surface area contributed by atoms with Gasteiger partial charge in [0, 0.05) is 24.0 Å². The van der Waals surface area contributed by atoms with Crippen LogP contribution in [0.3, 0.4) is 0 Å². The number of para-hydroxylation sites is 3. The lowest BCUT2D eigenvalue weighted by Gasteiger charge is -2.32. The number of fused-ring (bicyclic) bond motifs is 3. The van der Waals surface area contributed by atoms with Crippen molar-refractivity contribution in [3.05, 3.63) is 78.1 Å². The molecular formula is C21H16N4O2. The summed E-state index contributed by atoms with van der Waals surface area (Å²) in [6, 6.07) is 18.3. The van der Waals surface area contributed by atoms with Crippen molar-refractivity contribution in [2.24, 2.45) is 0 Å². The van der Waals surface area contributed by atoms with Crippen LogP contribution in [0.25, 0.3) is 22.1 Å². The van der Waals surface area contributed by atoms with Crippen LogP contribution in [0.1, 0.15) is 23.2 Å². The Hall–Kier alpha value is -3.54. The standard InChI is InChI=1S/C21H16N4O2/c1-3-7-16-13(5-1)11-18(26-16)20-19-15(22-12-23-19)9-10-25(20)21-24-14-6-2-4-8-17(14)27-21/h1-8,11-12,20H,9-10H2,(H,22,23)/t20-/m0/s1. The van der Waals surface area contributed by atoms with Crippen LogP contribution in [-0.4, -0.2) is 21.5 Å². The monoisotopic (exact) mass is 356 g/mol. The number of H-pyrrole nitrogens is 1. The summed E-state index contributed by atoms with van der Waals surface area (Å²) in [5, 5.41) is 1.08. The zero-order valence-corrected chi connectivity index (χ0v) is 14.4. The zero-order valence-electron chi connectivity index (χ0n) is 14.4. The van der Waals surface area contributed by atoms with Crippen LogP contribution in [0, 0.1) is 0 Å². The van der Waals surface area contributed by atoms with Crippen molar-refractivity contribution in [1.29, 1.82) is 0 Å². The predicted octanol–water partition coefficient (Wildman–Crippen LogP) is 4.45. The van der Waals surface area contributed by atoms with Gasteiger partial charge in [0.25, 0.3) is 6.01 Å². The van der Waals surface area contributed by atoms with Gasteiger partial charge < -0.3 is 18.7 Å². The number of nitrogens with one attached hydrogen (secondary N) is 1. The highest BCUT2D eigenvalue weighted by Crippen LogP contribution is 2.39. The lowest BCUT2D eigenvalue weighted by molar-refractivity contribution is 0.458. The number of hydrogen-bond donors (Lipinski definition) is 1. The van der Waals surface area contributed by atoms with Gasteiger partial charge in [-0.2, -0.15) is 4.98 Å². The molecule has 0 aliphatic carbocycles. The Balaban J connectivity index is 1.53. The molecule has 4 heterocycles. The Labute approximate surface area is 154 Å². The van der Waals surface area contributed by atoms with Gasteiger partial charge in [0.15, 0.2) is 5.58 Å². The highest BCUT2D eigenvalue weighted by Gasteiger charge is 2.36. The minimum atomic E-state index is -0.180. The molecule has 0 spiro atoms. The molecule has 5 aromatic rings. The molecule has 1 aliphatic heterocycles. The number of rotatable bonds is 2. The lowest BCUT2D eigenvalue weighted by Crippen LogP contribution is -2.36. The van der Waals surface area contributed by atoms with Crippen LogP contribution in [0.5, 0.6) is 0 Å². The molecule has 0 fully saturated rings. The Morgan fingerprint density at radius 1 is 1.00 bits per heavy atom. The fourth-order valence-electron chi connectivity index (χ4n) is 3.89. The van der Waals surface area contributed by atoms with Gasteiger partial charge in [-0.3, -0.25) is 0 Å². The summed E-state index contributed by atoms with van der Waals surface area (Å²) in [6.07, 6.45) is 2.60. The fourth-order valence-corrected chi connectivity index (χ4v) is 3.89. The third-order valence-corrected chi connectivity index (χ3v) is 5.17. The molecular weight excluding hydrogens is 340 g/mol. The third kappa shape index (κ3) is 2.19. The molecule has 6 rings (SSSR count). The van der Waals surface area contributed by atoms with E-state index in [4.69, 9.17) is 13.8 Å². The van der Waals surface area contributed by atoms with Crippen molar-refractivity contribution >= 4 is 28.1 Å². The number of hydrogen-bond acceptors (Lipinski definition) is 5. The average molecular weight is 356 g/mol. The van der Waals surface area contributed by atoms with Gasteiger partial charge in [-0.25, -0.2) is 4.98 Å². The maximum Gasteiger partial charge on any atom is 0.299 e. The van der Waals surface area contributed by atoms with Crippen LogP contribution in [0.15, 0.2) is 69.8 Å². The summed E-state index contributed by atoms with van der Waals surface area (Å²) in [4.78, 5) is 14.7. The van der Waals surface area contributed by atoms with Crippen LogP contribution in [0.4, 0.5) is 6.01 Å². The molecule has 6 heteroatoms. The number of furan rings is 1. The van der Waals surface area contributed by atoms with E-state index >= 15 is 0 Å². The normalized spacial score (nSPS) is 16.9. The van der Waals surface area contributed by atoms with E-state index in [2.05, 4.69) is 27.0 Å². The van der Waals surface area contributed by atoms with E-state index in [9.17, 15) is 0 Å². The molecule has 27 heavy (non-hydrogen) atoms. The minimum absolute atomic E-state index is 0.180. The van der Waals surface area contributed by atoms with E-state index in [1.54, 1.807) is 6.33 Å². The average Bonchev–Trinajstić information content (AvgIpc) is 3.43. The van der Waals surface area contributed by atoms with Crippen LogP contribution >= 0.6 is 0 Å². The largest absolute Gasteiger partial charge is 0.458 e. The third-order valence-electron chi connectivity index (χ3n) is 5.17. The van der Waals surface area contributed by atoms with Crippen molar-refractivity contribution in [2.45, 2.75) is 12.5 Å². The van der Waals surface area contributed by atoms with Crippen molar-refractivity contribution in [1.82, 2.24) is 15.0 Å². The topological polar surface area (TPSA) is 71.1 Å². The van der Waals surface area contributed by atoms with E-state index in [0.29, 0.717) is 6.01 Å². The minimum Gasteiger partial charge on any atom is -0.458 e. The molecule has 0 unspecified atom stereocenters. The fraction of sp³-hybridized carbons (Fsp3) is 0.143. The molecule has 1 N–H and O–H groups in total. The van der Waals surface area contributed by atoms with Crippen LogP contribution in [-0.2, 0) is 6.42 Å². The highest BCUT2D eigenvalue weighted by atomic mass is 16.4. The predicted molar refractivity (Wildman–Crippen MR) is 102 cm³/mol. The summed E-state index contributed by atoms with van der Waals surface area (Å²) in [5.41, 5.74) is 4.59. The van der Waals surface area contributed by atoms with Crippen LogP contribution in [0.2, 0.25) is 0 Å².